The van der Waals surface area contributed by atoms with Crippen molar-refractivity contribution < 1.29 is 4.39 Å². The van der Waals surface area contributed by atoms with Crippen LogP contribution in [0.3, 0.4) is 0 Å². The van der Waals surface area contributed by atoms with Crippen LogP contribution in [0.1, 0.15) is 0 Å². The molecule has 0 bridgehead atoms. The van der Waals surface area contributed by atoms with Crippen LogP contribution in [0, 0.1) is 11.9 Å². The first-order valence-electron chi connectivity index (χ1n) is 4.40. The minimum Gasteiger partial charge on any atom is -0.206 e. The highest BCUT2D eigenvalue weighted by molar-refractivity contribution is 6.36. The van der Waals surface area contributed by atoms with Crippen molar-refractivity contribution >= 4 is 34.8 Å². The molecule has 0 heterocycles. The lowest BCUT2D eigenvalue weighted by Crippen LogP contribution is -1.85. The van der Waals surface area contributed by atoms with E-state index in [0.717, 1.165) is 0 Å². The summed E-state index contributed by atoms with van der Waals surface area (Å²) in [6.45, 7) is 0. The molecule has 0 amide bonds. The fourth-order valence-electron chi connectivity index (χ4n) is 1.36. The van der Waals surface area contributed by atoms with Crippen molar-refractivity contribution in [1.82, 2.24) is 0 Å². The van der Waals surface area contributed by atoms with E-state index in [9.17, 15) is 4.39 Å². The monoisotopic (exact) mass is 273 g/mol. The summed E-state index contributed by atoms with van der Waals surface area (Å²) in [5.74, 6) is -0.426. The lowest BCUT2D eigenvalue weighted by atomic mass is 10.1. The first-order valence-corrected chi connectivity index (χ1v) is 5.54. The highest BCUT2D eigenvalue weighted by Crippen LogP contribution is 2.32. The number of benzene rings is 2. The van der Waals surface area contributed by atoms with Crippen LogP contribution in [0.25, 0.3) is 11.1 Å². The average Bonchev–Trinajstić information content (AvgIpc) is 2.19. The molecule has 1 radical (unpaired) electrons. The van der Waals surface area contributed by atoms with Crippen molar-refractivity contribution in [3.05, 3.63) is 57.3 Å². The molecule has 0 saturated carbocycles. The fourth-order valence-corrected chi connectivity index (χ4v) is 1.99. The zero-order valence-electron chi connectivity index (χ0n) is 7.90. The van der Waals surface area contributed by atoms with Crippen LogP contribution in [-0.4, -0.2) is 0 Å². The minimum absolute atomic E-state index is 0.286. The van der Waals surface area contributed by atoms with Gasteiger partial charge in [-0.2, -0.15) is 0 Å². The highest BCUT2D eigenvalue weighted by Gasteiger charge is 2.09. The maximum absolute atomic E-state index is 13.6. The van der Waals surface area contributed by atoms with Gasteiger partial charge in [-0.05, 0) is 24.3 Å². The third-order valence-corrected chi connectivity index (χ3v) is 2.84. The summed E-state index contributed by atoms with van der Waals surface area (Å²) in [4.78, 5) is 0. The Morgan fingerprint density at radius 1 is 0.938 bits per heavy atom. The Kier molecular flexibility index (Phi) is 3.38. The van der Waals surface area contributed by atoms with E-state index in [1.54, 1.807) is 24.3 Å². The quantitative estimate of drug-likeness (QED) is 0.666. The fraction of sp³-hybridized carbons (Fsp3) is 0. The van der Waals surface area contributed by atoms with Gasteiger partial charge in [-0.25, -0.2) is 4.39 Å². The smallest absolute Gasteiger partial charge is 0.132 e. The van der Waals surface area contributed by atoms with Crippen LogP contribution in [0.5, 0.6) is 0 Å². The van der Waals surface area contributed by atoms with E-state index in [2.05, 4.69) is 6.07 Å². The summed E-state index contributed by atoms with van der Waals surface area (Å²) < 4.78 is 13.6. The molecule has 0 unspecified atom stereocenters. The van der Waals surface area contributed by atoms with Gasteiger partial charge < -0.3 is 0 Å². The van der Waals surface area contributed by atoms with Crippen molar-refractivity contribution in [2.75, 3.05) is 0 Å². The second-order valence-corrected chi connectivity index (χ2v) is 4.38. The Labute approximate surface area is 108 Å². The molecule has 2 rings (SSSR count). The number of halogens is 4. The predicted molar refractivity (Wildman–Crippen MR) is 65.7 cm³/mol. The van der Waals surface area contributed by atoms with Gasteiger partial charge in [-0.3, -0.25) is 0 Å². The topological polar surface area (TPSA) is 0 Å². The Hall–Kier alpha value is -0.760. The molecule has 81 valence electrons. The molecule has 0 atom stereocenters. The Bertz CT molecular complexity index is 488. The van der Waals surface area contributed by atoms with Gasteiger partial charge in [0.05, 0.1) is 10.0 Å². The van der Waals surface area contributed by atoms with Gasteiger partial charge in [-0.1, -0.05) is 40.9 Å². The number of rotatable bonds is 1. The minimum atomic E-state index is -0.426. The van der Waals surface area contributed by atoms with E-state index in [1.807, 2.05) is 0 Å². The van der Waals surface area contributed by atoms with Crippen LogP contribution < -0.4 is 0 Å². The molecule has 0 saturated heterocycles. The molecule has 0 aromatic heterocycles. The Balaban J connectivity index is 2.59. The van der Waals surface area contributed by atoms with E-state index in [1.165, 1.54) is 6.07 Å². The Morgan fingerprint density at radius 2 is 1.62 bits per heavy atom. The van der Waals surface area contributed by atoms with Gasteiger partial charge in [0.25, 0.3) is 0 Å². The van der Waals surface area contributed by atoms with E-state index in [4.69, 9.17) is 34.8 Å². The molecule has 0 nitrogen and oxygen atoms in total. The first kappa shape index (κ1) is 11.7. The molecule has 0 N–H and O–H groups in total. The highest BCUT2D eigenvalue weighted by atomic mass is 35.5. The molecule has 0 fully saturated rings. The lowest BCUT2D eigenvalue weighted by molar-refractivity contribution is 0.631. The third-order valence-electron chi connectivity index (χ3n) is 2.08. The van der Waals surface area contributed by atoms with Crippen molar-refractivity contribution in [2.24, 2.45) is 0 Å². The third kappa shape index (κ3) is 2.32. The van der Waals surface area contributed by atoms with E-state index < -0.39 is 5.82 Å². The summed E-state index contributed by atoms with van der Waals surface area (Å²) in [6.07, 6.45) is 0. The summed E-state index contributed by atoms with van der Waals surface area (Å²) in [7, 11) is 0. The molecule has 0 aliphatic carbocycles. The summed E-state index contributed by atoms with van der Waals surface area (Å²) in [6, 6.07) is 10.4. The van der Waals surface area contributed by atoms with Crippen molar-refractivity contribution in [2.45, 2.75) is 0 Å². The zero-order valence-corrected chi connectivity index (χ0v) is 10.2. The zero-order chi connectivity index (χ0) is 11.7. The average molecular weight is 275 g/mol. The summed E-state index contributed by atoms with van der Waals surface area (Å²) in [5, 5.41) is 1.02. The molecule has 0 aliphatic rings. The molecular formula is C12H5Cl3F. The van der Waals surface area contributed by atoms with Gasteiger partial charge in [0.15, 0.2) is 0 Å². The van der Waals surface area contributed by atoms with Crippen LogP contribution in [0.15, 0.2) is 30.3 Å². The van der Waals surface area contributed by atoms with Crippen molar-refractivity contribution in [1.29, 1.82) is 0 Å². The molecule has 0 spiro atoms. The SMILES string of the molecule is Fc1cc(Cl)ccc1-c1ccc(Cl)[c]c1Cl. The van der Waals surface area contributed by atoms with E-state index in [0.29, 0.717) is 21.2 Å². The first-order chi connectivity index (χ1) is 7.58. The van der Waals surface area contributed by atoms with Crippen molar-refractivity contribution in [3.8, 4) is 11.1 Å². The van der Waals surface area contributed by atoms with Gasteiger partial charge in [0.2, 0.25) is 0 Å². The number of hydrogen-bond acceptors (Lipinski definition) is 0. The number of hydrogen-bond donors (Lipinski definition) is 0. The lowest BCUT2D eigenvalue weighted by Gasteiger charge is -2.06. The van der Waals surface area contributed by atoms with Crippen molar-refractivity contribution in [3.63, 3.8) is 0 Å². The summed E-state index contributed by atoms with van der Waals surface area (Å²) in [5.41, 5.74) is 0.919. The van der Waals surface area contributed by atoms with Crippen LogP contribution in [0.2, 0.25) is 15.1 Å². The van der Waals surface area contributed by atoms with Gasteiger partial charge in [-0.15, -0.1) is 0 Å². The normalized spacial score (nSPS) is 10.5. The predicted octanol–water partition coefficient (Wildman–Crippen LogP) is 5.25. The standard InChI is InChI=1S/C12H5Cl3F/c13-7-1-3-9(11(15)5-7)10-4-2-8(14)6-12(10)16/h1-4,6H. The molecule has 2 aromatic rings. The molecule has 4 heteroatoms. The van der Waals surface area contributed by atoms with E-state index in [-0.39, 0.29) is 5.02 Å². The molecule has 0 aliphatic heterocycles. The second-order valence-electron chi connectivity index (χ2n) is 3.16. The van der Waals surface area contributed by atoms with Gasteiger partial charge in [0, 0.05) is 22.2 Å². The van der Waals surface area contributed by atoms with E-state index >= 15 is 0 Å². The Morgan fingerprint density at radius 3 is 2.25 bits per heavy atom. The van der Waals surface area contributed by atoms with Crippen LogP contribution >= 0.6 is 34.8 Å². The van der Waals surface area contributed by atoms with Crippen LogP contribution in [-0.2, 0) is 0 Å². The van der Waals surface area contributed by atoms with Crippen LogP contribution in [0.4, 0.5) is 4.39 Å². The molecular weight excluding hydrogens is 269 g/mol. The van der Waals surface area contributed by atoms with Gasteiger partial charge in [0.1, 0.15) is 5.82 Å². The van der Waals surface area contributed by atoms with Gasteiger partial charge >= 0.3 is 0 Å². The second kappa shape index (κ2) is 4.62. The largest absolute Gasteiger partial charge is 0.206 e. The maximum atomic E-state index is 13.6. The summed E-state index contributed by atoms with van der Waals surface area (Å²) >= 11 is 17.3. The molecule has 2 aromatic carbocycles. The maximum Gasteiger partial charge on any atom is 0.132 e. The molecule has 16 heavy (non-hydrogen) atoms.